The Morgan fingerprint density at radius 2 is 2.32 bits per heavy atom. The molecule has 0 aromatic heterocycles. The summed E-state index contributed by atoms with van der Waals surface area (Å²) in [6.07, 6.45) is 3.78. The molecule has 2 rings (SSSR count). The van der Waals surface area contributed by atoms with Gasteiger partial charge in [0, 0.05) is 31.3 Å². The number of rotatable bonds is 5. The second kappa shape index (κ2) is 6.63. The Hall–Kier alpha value is -1.46. The molecule has 0 saturated carbocycles. The van der Waals surface area contributed by atoms with Crippen molar-refractivity contribution < 1.29 is 4.92 Å². The standard InChI is InChI=1S/C14H21N3O2/c1-16(11-13-6-2-3-8-15-13)10-12-5-4-7-14(9-12)17(18)19/h4-5,7,9,13,15H,2-3,6,8,10-11H2,1H3. The zero-order valence-corrected chi connectivity index (χ0v) is 11.3. The van der Waals surface area contributed by atoms with E-state index in [0.29, 0.717) is 6.04 Å². The maximum Gasteiger partial charge on any atom is 0.269 e. The number of hydrogen-bond donors (Lipinski definition) is 1. The Morgan fingerprint density at radius 1 is 1.47 bits per heavy atom. The van der Waals surface area contributed by atoms with Crippen LogP contribution in [-0.4, -0.2) is 36.0 Å². The number of hydrogen-bond acceptors (Lipinski definition) is 4. The molecule has 5 heteroatoms. The van der Waals surface area contributed by atoms with Gasteiger partial charge in [-0.05, 0) is 32.0 Å². The van der Waals surface area contributed by atoms with Gasteiger partial charge in [-0.15, -0.1) is 0 Å². The van der Waals surface area contributed by atoms with Crippen LogP contribution >= 0.6 is 0 Å². The Morgan fingerprint density at radius 3 is 3.00 bits per heavy atom. The van der Waals surface area contributed by atoms with E-state index in [0.717, 1.165) is 25.2 Å². The number of nitrogens with one attached hydrogen (secondary N) is 1. The molecule has 1 fully saturated rings. The molecule has 0 spiro atoms. The molecule has 104 valence electrons. The summed E-state index contributed by atoms with van der Waals surface area (Å²) < 4.78 is 0. The third kappa shape index (κ3) is 4.29. The Kier molecular flexibility index (Phi) is 4.87. The number of piperidine rings is 1. The highest BCUT2D eigenvalue weighted by Crippen LogP contribution is 2.15. The zero-order valence-electron chi connectivity index (χ0n) is 11.3. The molecule has 1 aliphatic heterocycles. The predicted octanol–water partition coefficient (Wildman–Crippen LogP) is 2.17. The lowest BCUT2D eigenvalue weighted by Crippen LogP contribution is -2.42. The highest BCUT2D eigenvalue weighted by atomic mass is 16.6. The van der Waals surface area contributed by atoms with E-state index in [1.807, 2.05) is 6.07 Å². The van der Waals surface area contributed by atoms with Crippen LogP contribution in [-0.2, 0) is 6.54 Å². The molecule has 0 aliphatic carbocycles. The summed E-state index contributed by atoms with van der Waals surface area (Å²) in [7, 11) is 2.06. The van der Waals surface area contributed by atoms with E-state index >= 15 is 0 Å². The lowest BCUT2D eigenvalue weighted by molar-refractivity contribution is -0.384. The maximum absolute atomic E-state index is 10.7. The highest BCUT2D eigenvalue weighted by molar-refractivity contribution is 5.34. The first-order valence-corrected chi connectivity index (χ1v) is 6.80. The second-order valence-corrected chi connectivity index (χ2v) is 5.27. The van der Waals surface area contributed by atoms with E-state index in [1.165, 1.54) is 25.3 Å². The number of likely N-dealkylation sites (N-methyl/N-ethyl adjacent to an activating group) is 1. The van der Waals surface area contributed by atoms with Crippen molar-refractivity contribution in [3.05, 3.63) is 39.9 Å². The van der Waals surface area contributed by atoms with Crippen LogP contribution in [0.25, 0.3) is 0 Å². The molecule has 0 bridgehead atoms. The summed E-state index contributed by atoms with van der Waals surface area (Å²) in [5.74, 6) is 0. The Bertz CT molecular complexity index is 430. The minimum absolute atomic E-state index is 0.168. The van der Waals surface area contributed by atoms with Gasteiger partial charge < -0.3 is 10.2 Å². The fourth-order valence-corrected chi connectivity index (χ4v) is 2.60. The molecule has 1 saturated heterocycles. The topological polar surface area (TPSA) is 58.4 Å². The van der Waals surface area contributed by atoms with Crippen molar-refractivity contribution >= 4 is 5.69 Å². The molecule has 1 heterocycles. The molecule has 1 aromatic rings. The largest absolute Gasteiger partial charge is 0.313 e. The Balaban J connectivity index is 1.88. The van der Waals surface area contributed by atoms with Crippen molar-refractivity contribution in [1.29, 1.82) is 0 Å². The van der Waals surface area contributed by atoms with Crippen LogP contribution in [0.4, 0.5) is 5.69 Å². The minimum Gasteiger partial charge on any atom is -0.313 e. The van der Waals surface area contributed by atoms with Gasteiger partial charge in [0.1, 0.15) is 0 Å². The molecule has 5 nitrogen and oxygen atoms in total. The van der Waals surface area contributed by atoms with Crippen molar-refractivity contribution in [3.8, 4) is 0 Å². The molecule has 1 aliphatic rings. The fourth-order valence-electron chi connectivity index (χ4n) is 2.60. The lowest BCUT2D eigenvalue weighted by Gasteiger charge is -2.28. The van der Waals surface area contributed by atoms with E-state index in [2.05, 4.69) is 17.3 Å². The number of nitrogens with zero attached hydrogens (tertiary/aromatic N) is 2. The third-order valence-electron chi connectivity index (χ3n) is 3.52. The quantitative estimate of drug-likeness (QED) is 0.653. The van der Waals surface area contributed by atoms with Gasteiger partial charge in [0.25, 0.3) is 5.69 Å². The first-order valence-electron chi connectivity index (χ1n) is 6.80. The third-order valence-corrected chi connectivity index (χ3v) is 3.52. The smallest absolute Gasteiger partial charge is 0.269 e. The summed E-state index contributed by atoms with van der Waals surface area (Å²) in [5, 5.41) is 14.3. The average Bonchev–Trinajstić information content (AvgIpc) is 2.40. The van der Waals surface area contributed by atoms with Crippen LogP contribution in [0, 0.1) is 10.1 Å². The molecular formula is C14H21N3O2. The van der Waals surface area contributed by atoms with Crippen molar-refractivity contribution in [2.75, 3.05) is 20.1 Å². The molecular weight excluding hydrogens is 242 g/mol. The first-order chi connectivity index (χ1) is 9.15. The molecule has 1 atom stereocenters. The van der Waals surface area contributed by atoms with Gasteiger partial charge in [-0.2, -0.15) is 0 Å². The zero-order chi connectivity index (χ0) is 13.7. The van der Waals surface area contributed by atoms with Gasteiger partial charge in [0.05, 0.1) is 4.92 Å². The lowest BCUT2D eigenvalue weighted by atomic mass is 10.0. The summed E-state index contributed by atoms with van der Waals surface area (Å²) in [6, 6.07) is 7.44. The van der Waals surface area contributed by atoms with Crippen LogP contribution in [0.5, 0.6) is 0 Å². The van der Waals surface area contributed by atoms with Gasteiger partial charge >= 0.3 is 0 Å². The summed E-state index contributed by atoms with van der Waals surface area (Å²) >= 11 is 0. The van der Waals surface area contributed by atoms with Crippen LogP contribution in [0.1, 0.15) is 24.8 Å². The Labute approximate surface area is 113 Å². The number of nitro groups is 1. The fraction of sp³-hybridized carbons (Fsp3) is 0.571. The minimum atomic E-state index is -0.341. The van der Waals surface area contributed by atoms with Gasteiger partial charge in [-0.1, -0.05) is 18.6 Å². The number of nitro benzene ring substituents is 1. The number of benzene rings is 1. The molecule has 0 amide bonds. The van der Waals surface area contributed by atoms with Crippen molar-refractivity contribution in [3.63, 3.8) is 0 Å². The van der Waals surface area contributed by atoms with Gasteiger partial charge in [0.2, 0.25) is 0 Å². The van der Waals surface area contributed by atoms with Gasteiger partial charge in [-0.3, -0.25) is 10.1 Å². The monoisotopic (exact) mass is 263 g/mol. The predicted molar refractivity (Wildman–Crippen MR) is 75.1 cm³/mol. The second-order valence-electron chi connectivity index (χ2n) is 5.27. The van der Waals surface area contributed by atoms with Crippen LogP contribution < -0.4 is 5.32 Å². The van der Waals surface area contributed by atoms with E-state index < -0.39 is 0 Å². The normalized spacial score (nSPS) is 19.6. The SMILES string of the molecule is CN(Cc1cccc([N+](=O)[O-])c1)CC1CCCCN1. The summed E-state index contributed by atoms with van der Waals surface area (Å²) in [4.78, 5) is 12.6. The number of non-ortho nitro benzene ring substituents is 1. The van der Waals surface area contributed by atoms with Crippen LogP contribution in [0.15, 0.2) is 24.3 Å². The molecule has 1 unspecified atom stereocenters. The van der Waals surface area contributed by atoms with Crippen molar-refractivity contribution in [2.24, 2.45) is 0 Å². The van der Waals surface area contributed by atoms with Gasteiger partial charge in [0.15, 0.2) is 0 Å². The molecule has 1 aromatic carbocycles. The van der Waals surface area contributed by atoms with E-state index in [-0.39, 0.29) is 10.6 Å². The van der Waals surface area contributed by atoms with Gasteiger partial charge in [-0.25, -0.2) is 0 Å². The summed E-state index contributed by atoms with van der Waals surface area (Å²) in [6.45, 7) is 2.85. The highest BCUT2D eigenvalue weighted by Gasteiger charge is 2.15. The van der Waals surface area contributed by atoms with Crippen LogP contribution in [0.2, 0.25) is 0 Å². The van der Waals surface area contributed by atoms with Crippen LogP contribution in [0.3, 0.4) is 0 Å². The molecule has 0 radical (unpaired) electrons. The van der Waals surface area contributed by atoms with E-state index in [1.54, 1.807) is 12.1 Å². The average molecular weight is 263 g/mol. The molecule has 19 heavy (non-hydrogen) atoms. The van der Waals surface area contributed by atoms with Crippen molar-refractivity contribution in [1.82, 2.24) is 10.2 Å². The maximum atomic E-state index is 10.7. The summed E-state index contributed by atoms with van der Waals surface area (Å²) in [5.41, 5.74) is 1.16. The van der Waals surface area contributed by atoms with E-state index in [4.69, 9.17) is 0 Å². The molecule has 1 N–H and O–H groups in total. The first kappa shape index (κ1) is 14.0. The van der Waals surface area contributed by atoms with Crippen molar-refractivity contribution in [2.45, 2.75) is 31.8 Å². The van der Waals surface area contributed by atoms with E-state index in [9.17, 15) is 10.1 Å².